The molecule has 4 rings (SSSR count). The van der Waals surface area contributed by atoms with E-state index in [9.17, 15) is 35.2 Å². The Morgan fingerprint density at radius 1 is 0.810 bits per heavy atom. The van der Waals surface area contributed by atoms with Crippen molar-refractivity contribution in [2.24, 2.45) is 0 Å². The summed E-state index contributed by atoms with van der Waals surface area (Å²) in [6, 6.07) is 11.1. The lowest BCUT2D eigenvalue weighted by Gasteiger charge is -2.35. The zero-order chi connectivity index (χ0) is 30.7. The highest BCUT2D eigenvalue weighted by atomic mass is 32.2. The maximum Gasteiger partial charge on any atom is 0.338 e. The number of carbonyl (C=O) groups is 2. The molecule has 11 nitrogen and oxygen atoms in total. The van der Waals surface area contributed by atoms with Crippen LogP contribution >= 0.6 is 0 Å². The molecule has 1 heterocycles. The summed E-state index contributed by atoms with van der Waals surface area (Å²) in [4.78, 5) is 26.5. The van der Waals surface area contributed by atoms with Crippen LogP contribution < -0.4 is 9.44 Å². The molecule has 2 atom stereocenters. The maximum atomic E-state index is 13.3. The van der Waals surface area contributed by atoms with Gasteiger partial charge in [-0.2, -0.15) is 0 Å². The van der Waals surface area contributed by atoms with Crippen LogP contribution in [0.3, 0.4) is 0 Å². The minimum absolute atomic E-state index is 0.212. The summed E-state index contributed by atoms with van der Waals surface area (Å²) in [6.45, 7) is 3.58. The maximum absolute atomic E-state index is 13.3. The highest BCUT2D eigenvalue weighted by molar-refractivity contribution is 7.93. The van der Waals surface area contributed by atoms with Gasteiger partial charge in [-0.05, 0) is 80.6 Å². The van der Waals surface area contributed by atoms with Gasteiger partial charge in [-0.3, -0.25) is 14.2 Å². The van der Waals surface area contributed by atoms with E-state index in [4.69, 9.17) is 9.47 Å². The lowest BCUT2D eigenvalue weighted by Crippen LogP contribution is -2.49. The minimum atomic E-state index is -4.30. The molecule has 1 aliphatic rings. The number of halogens is 2. The topological polar surface area (TPSA) is 148 Å². The average Bonchev–Trinajstić information content (AvgIpc) is 2.90. The first-order valence-corrected chi connectivity index (χ1v) is 15.5. The number of nitrogens with one attached hydrogen (secondary N) is 2. The Labute approximate surface area is 241 Å². The number of hydrogen-bond acceptors (Lipinski definition) is 8. The van der Waals surface area contributed by atoms with Gasteiger partial charge in [0, 0.05) is 13.1 Å². The molecule has 0 aliphatic carbocycles. The number of amides is 1. The zero-order valence-corrected chi connectivity index (χ0v) is 24.0. The molecular formula is C27H27F2N3O8S2. The molecule has 0 saturated carbocycles. The van der Waals surface area contributed by atoms with E-state index in [1.165, 1.54) is 4.90 Å². The molecule has 1 saturated heterocycles. The molecular weight excluding hydrogens is 596 g/mol. The number of sulfonamides is 2. The highest BCUT2D eigenvalue weighted by Gasteiger charge is 2.27. The van der Waals surface area contributed by atoms with E-state index in [0.717, 1.165) is 66.7 Å². The number of esters is 1. The van der Waals surface area contributed by atoms with Crippen LogP contribution in [0.15, 0.2) is 76.5 Å². The number of nitrogens with zero attached hydrogens (tertiary/aromatic N) is 1. The monoisotopic (exact) mass is 623 g/mol. The number of ether oxygens (including phenoxy) is 2. The van der Waals surface area contributed by atoms with Crippen LogP contribution in [-0.2, 0) is 34.3 Å². The van der Waals surface area contributed by atoms with E-state index in [1.54, 1.807) is 13.8 Å². The molecule has 2 N–H and O–H groups in total. The van der Waals surface area contributed by atoms with E-state index in [-0.39, 0.29) is 38.9 Å². The fraction of sp³-hybridized carbons (Fsp3) is 0.259. The predicted octanol–water partition coefficient (Wildman–Crippen LogP) is 3.36. The second-order valence-electron chi connectivity index (χ2n) is 9.55. The fourth-order valence-corrected chi connectivity index (χ4v) is 6.28. The summed E-state index contributed by atoms with van der Waals surface area (Å²) >= 11 is 0. The van der Waals surface area contributed by atoms with Crippen LogP contribution in [-0.4, -0.2) is 65.5 Å². The van der Waals surface area contributed by atoms with E-state index in [1.807, 2.05) is 0 Å². The van der Waals surface area contributed by atoms with Crippen molar-refractivity contribution in [3.63, 3.8) is 0 Å². The lowest BCUT2D eigenvalue weighted by atomic mass is 10.2. The molecule has 3 aromatic carbocycles. The van der Waals surface area contributed by atoms with Crippen molar-refractivity contribution in [2.75, 3.05) is 29.1 Å². The normalized spacial score (nSPS) is 17.4. The first kappa shape index (κ1) is 30.9. The van der Waals surface area contributed by atoms with E-state index < -0.39 is 50.2 Å². The van der Waals surface area contributed by atoms with E-state index >= 15 is 0 Å². The summed E-state index contributed by atoms with van der Waals surface area (Å²) in [5.74, 6) is -2.84. The van der Waals surface area contributed by atoms with Crippen LogP contribution in [0.1, 0.15) is 24.2 Å². The molecule has 1 aliphatic heterocycles. The molecule has 1 amide bonds. The quantitative estimate of drug-likeness (QED) is 0.345. The standard InChI is InChI=1S/C27H27F2N3O8S2/c1-17-14-32(15-18(2)40-17)26(33)16-39-27(34)19-11-22(30-41(35,36)24-7-3-20(28)4-8-24)13-23(12-19)31-42(37,38)25-9-5-21(29)6-10-25/h3-13,17-18,30-31H,14-16H2,1-2H3. The third kappa shape index (κ3) is 7.80. The molecule has 0 aromatic heterocycles. The van der Waals surface area contributed by atoms with E-state index in [0.29, 0.717) is 13.1 Å². The summed E-state index contributed by atoms with van der Waals surface area (Å²) < 4.78 is 93.4. The molecule has 0 radical (unpaired) electrons. The van der Waals surface area contributed by atoms with E-state index in [2.05, 4.69) is 9.44 Å². The van der Waals surface area contributed by atoms with Crippen LogP contribution in [0.5, 0.6) is 0 Å². The largest absolute Gasteiger partial charge is 0.452 e. The van der Waals surface area contributed by atoms with Gasteiger partial charge in [0.15, 0.2) is 6.61 Å². The Hall–Kier alpha value is -4.08. The van der Waals surface area contributed by atoms with Gasteiger partial charge in [0.1, 0.15) is 11.6 Å². The van der Waals surface area contributed by atoms with Crippen molar-refractivity contribution in [3.05, 3.63) is 83.9 Å². The first-order chi connectivity index (χ1) is 19.7. The van der Waals surface area contributed by atoms with Crippen LogP contribution in [0.2, 0.25) is 0 Å². The Morgan fingerprint density at radius 3 is 1.67 bits per heavy atom. The van der Waals surface area contributed by atoms with Crippen molar-refractivity contribution >= 4 is 43.3 Å². The molecule has 2 unspecified atom stereocenters. The van der Waals surface area contributed by atoms with Crippen molar-refractivity contribution in [1.29, 1.82) is 0 Å². The third-order valence-electron chi connectivity index (χ3n) is 6.02. The predicted molar refractivity (Wildman–Crippen MR) is 148 cm³/mol. The van der Waals surface area contributed by atoms with Gasteiger partial charge in [-0.1, -0.05) is 0 Å². The summed E-state index contributed by atoms with van der Waals surface area (Å²) in [6.07, 6.45) is -0.424. The number of morpholine rings is 1. The van der Waals surface area contributed by atoms with Gasteiger partial charge < -0.3 is 14.4 Å². The van der Waals surface area contributed by atoms with Crippen molar-refractivity contribution in [2.45, 2.75) is 35.8 Å². The summed E-state index contributed by atoms with van der Waals surface area (Å²) in [5.41, 5.74) is -0.775. The first-order valence-electron chi connectivity index (χ1n) is 12.5. The molecule has 0 spiro atoms. The number of anilines is 2. The fourth-order valence-electron chi connectivity index (χ4n) is 4.20. The molecule has 0 bridgehead atoms. The zero-order valence-electron chi connectivity index (χ0n) is 22.4. The number of rotatable bonds is 9. The molecule has 3 aromatic rings. The summed E-state index contributed by atoms with van der Waals surface area (Å²) in [5, 5.41) is 0. The Bertz CT molecular complexity index is 1580. The number of carbonyl (C=O) groups excluding carboxylic acids is 2. The highest BCUT2D eigenvalue weighted by Crippen LogP contribution is 2.25. The van der Waals surface area contributed by atoms with Gasteiger partial charge in [-0.25, -0.2) is 30.4 Å². The number of benzene rings is 3. The second kappa shape index (κ2) is 12.4. The third-order valence-corrected chi connectivity index (χ3v) is 8.81. The molecule has 15 heteroatoms. The SMILES string of the molecule is CC1CN(C(=O)COC(=O)c2cc(NS(=O)(=O)c3ccc(F)cc3)cc(NS(=O)(=O)c3ccc(F)cc3)c2)CC(C)O1. The van der Waals surface area contributed by atoms with Crippen LogP contribution in [0, 0.1) is 11.6 Å². The van der Waals surface area contributed by atoms with Crippen molar-refractivity contribution < 1.29 is 44.7 Å². The smallest absolute Gasteiger partial charge is 0.338 e. The molecule has 1 fully saturated rings. The Balaban J connectivity index is 1.60. The van der Waals surface area contributed by atoms with Gasteiger partial charge in [0.25, 0.3) is 26.0 Å². The van der Waals surface area contributed by atoms with Crippen molar-refractivity contribution in [1.82, 2.24) is 4.90 Å². The van der Waals surface area contributed by atoms with Gasteiger partial charge in [0.2, 0.25) is 0 Å². The Kier molecular flexibility index (Phi) is 9.13. The average molecular weight is 624 g/mol. The molecule has 42 heavy (non-hydrogen) atoms. The van der Waals surface area contributed by atoms with Crippen LogP contribution in [0.4, 0.5) is 20.2 Å². The van der Waals surface area contributed by atoms with Crippen molar-refractivity contribution in [3.8, 4) is 0 Å². The second-order valence-corrected chi connectivity index (χ2v) is 12.9. The lowest BCUT2D eigenvalue weighted by molar-refractivity contribution is -0.146. The number of hydrogen-bond donors (Lipinski definition) is 2. The van der Waals surface area contributed by atoms with Crippen LogP contribution in [0.25, 0.3) is 0 Å². The summed E-state index contributed by atoms with van der Waals surface area (Å²) in [7, 11) is -8.60. The van der Waals surface area contributed by atoms with Gasteiger partial charge in [0.05, 0.1) is 38.9 Å². The van der Waals surface area contributed by atoms with Gasteiger partial charge in [-0.15, -0.1) is 0 Å². The minimum Gasteiger partial charge on any atom is -0.452 e. The molecule has 224 valence electrons. The van der Waals surface area contributed by atoms with Gasteiger partial charge >= 0.3 is 5.97 Å². The Morgan fingerprint density at radius 2 is 1.24 bits per heavy atom.